The van der Waals surface area contributed by atoms with Gasteiger partial charge >= 0.3 is 0 Å². The number of fused-ring (bicyclic) bond motifs is 1. The van der Waals surface area contributed by atoms with E-state index in [1.54, 1.807) is 10.7 Å². The second-order valence-corrected chi connectivity index (χ2v) is 5.17. The smallest absolute Gasteiger partial charge is 0.291 e. The number of rotatable bonds is 4. The molecule has 6 heteroatoms. The van der Waals surface area contributed by atoms with Crippen molar-refractivity contribution < 1.29 is 4.79 Å². The number of hydrogen-bond donors (Lipinski definition) is 1. The van der Waals surface area contributed by atoms with Gasteiger partial charge in [-0.3, -0.25) is 4.79 Å². The Morgan fingerprint density at radius 2 is 2.05 bits per heavy atom. The zero-order valence-electron chi connectivity index (χ0n) is 12.6. The summed E-state index contributed by atoms with van der Waals surface area (Å²) in [5.74, 6) is 0.300. The highest BCUT2D eigenvalue weighted by molar-refractivity contribution is 5.90. The average Bonchev–Trinajstić information content (AvgIpc) is 2.95. The van der Waals surface area contributed by atoms with Crippen LogP contribution in [0.1, 0.15) is 27.4 Å². The van der Waals surface area contributed by atoms with Crippen molar-refractivity contribution in [2.75, 3.05) is 6.54 Å². The lowest BCUT2D eigenvalue weighted by atomic mass is 10.1. The number of carbonyl (C=O) groups excluding carboxylic acids is 1. The summed E-state index contributed by atoms with van der Waals surface area (Å²) < 4.78 is 1.57. The zero-order chi connectivity index (χ0) is 15.5. The van der Waals surface area contributed by atoms with Gasteiger partial charge < -0.3 is 5.32 Å². The molecule has 0 fully saturated rings. The molecule has 3 rings (SSSR count). The monoisotopic (exact) mass is 295 g/mol. The largest absolute Gasteiger partial charge is 0.349 e. The Balaban J connectivity index is 1.66. The maximum atomic E-state index is 12.1. The van der Waals surface area contributed by atoms with Crippen molar-refractivity contribution in [1.82, 2.24) is 24.9 Å². The second kappa shape index (κ2) is 5.93. The number of carbonyl (C=O) groups is 1. The fourth-order valence-corrected chi connectivity index (χ4v) is 2.28. The van der Waals surface area contributed by atoms with E-state index in [4.69, 9.17) is 0 Å². The standard InChI is InChI=1S/C16H17N5O/c1-11-5-3-4-6-13(11)8-10-17-15(22)14-19-16-18-9-7-12(2)21(16)20-14/h3-7,9H,8,10H2,1-2H3,(H,17,22). The summed E-state index contributed by atoms with van der Waals surface area (Å²) in [7, 11) is 0. The first-order valence-electron chi connectivity index (χ1n) is 7.16. The predicted octanol–water partition coefficient (Wildman–Crippen LogP) is 1.71. The predicted molar refractivity (Wildman–Crippen MR) is 82.7 cm³/mol. The molecule has 22 heavy (non-hydrogen) atoms. The normalized spacial score (nSPS) is 10.8. The molecule has 1 amide bonds. The van der Waals surface area contributed by atoms with Gasteiger partial charge in [0.2, 0.25) is 5.82 Å². The minimum Gasteiger partial charge on any atom is -0.349 e. The molecule has 2 aromatic heterocycles. The number of amides is 1. The van der Waals surface area contributed by atoms with Crippen LogP contribution in [0.5, 0.6) is 0 Å². The first-order chi connectivity index (χ1) is 10.6. The molecule has 0 atom stereocenters. The van der Waals surface area contributed by atoms with Crippen LogP contribution >= 0.6 is 0 Å². The van der Waals surface area contributed by atoms with Crippen LogP contribution < -0.4 is 5.32 Å². The molecule has 1 N–H and O–H groups in total. The van der Waals surface area contributed by atoms with Crippen molar-refractivity contribution in [1.29, 1.82) is 0 Å². The topological polar surface area (TPSA) is 72.2 Å². The minimum absolute atomic E-state index is 0.145. The fourth-order valence-electron chi connectivity index (χ4n) is 2.28. The minimum atomic E-state index is -0.279. The molecule has 0 unspecified atom stereocenters. The lowest BCUT2D eigenvalue weighted by Crippen LogP contribution is -2.27. The third-order valence-electron chi connectivity index (χ3n) is 3.57. The summed E-state index contributed by atoms with van der Waals surface area (Å²) in [6, 6.07) is 9.96. The van der Waals surface area contributed by atoms with Crippen LogP contribution in [0.4, 0.5) is 0 Å². The third-order valence-corrected chi connectivity index (χ3v) is 3.57. The molecule has 3 aromatic rings. The van der Waals surface area contributed by atoms with E-state index in [0.29, 0.717) is 12.3 Å². The van der Waals surface area contributed by atoms with Gasteiger partial charge in [-0.1, -0.05) is 24.3 Å². The molecule has 0 aliphatic heterocycles. The molecule has 112 valence electrons. The molecule has 0 saturated carbocycles. The van der Waals surface area contributed by atoms with Crippen molar-refractivity contribution in [2.45, 2.75) is 20.3 Å². The van der Waals surface area contributed by atoms with E-state index in [0.717, 1.165) is 12.1 Å². The maximum Gasteiger partial charge on any atom is 0.291 e. The molecule has 0 bridgehead atoms. The Morgan fingerprint density at radius 1 is 1.23 bits per heavy atom. The summed E-state index contributed by atoms with van der Waals surface area (Å²) in [5, 5.41) is 7.04. The Labute approximate surface area is 128 Å². The van der Waals surface area contributed by atoms with Crippen LogP contribution in [-0.4, -0.2) is 32.0 Å². The van der Waals surface area contributed by atoms with Crippen LogP contribution in [0, 0.1) is 13.8 Å². The molecule has 6 nitrogen and oxygen atoms in total. The summed E-state index contributed by atoms with van der Waals surface area (Å²) in [6.07, 6.45) is 2.43. The summed E-state index contributed by atoms with van der Waals surface area (Å²) in [6.45, 7) is 4.50. The molecular weight excluding hydrogens is 278 g/mol. The van der Waals surface area contributed by atoms with Gasteiger partial charge in [-0.05, 0) is 37.5 Å². The number of hydrogen-bond acceptors (Lipinski definition) is 4. The summed E-state index contributed by atoms with van der Waals surface area (Å²) in [5.41, 5.74) is 3.34. The first-order valence-corrected chi connectivity index (χ1v) is 7.16. The molecule has 0 aliphatic rings. The molecular formula is C16H17N5O. The SMILES string of the molecule is Cc1ccccc1CCNC(=O)c1nc2nccc(C)n2n1. The molecule has 0 radical (unpaired) electrons. The lowest BCUT2D eigenvalue weighted by molar-refractivity contribution is 0.0944. The fraction of sp³-hybridized carbons (Fsp3) is 0.250. The highest BCUT2D eigenvalue weighted by Gasteiger charge is 2.13. The highest BCUT2D eigenvalue weighted by atomic mass is 16.2. The number of aryl methyl sites for hydroxylation is 2. The molecule has 0 spiro atoms. The number of nitrogens with zero attached hydrogens (tertiary/aromatic N) is 4. The number of nitrogens with one attached hydrogen (secondary N) is 1. The van der Waals surface area contributed by atoms with Gasteiger partial charge in [-0.2, -0.15) is 4.98 Å². The van der Waals surface area contributed by atoms with Crippen molar-refractivity contribution in [2.24, 2.45) is 0 Å². The average molecular weight is 295 g/mol. The van der Waals surface area contributed by atoms with Gasteiger partial charge in [0.05, 0.1) is 0 Å². The Hall–Kier alpha value is -2.76. The lowest BCUT2D eigenvalue weighted by Gasteiger charge is -2.05. The van der Waals surface area contributed by atoms with Crippen molar-refractivity contribution in [3.8, 4) is 0 Å². The van der Waals surface area contributed by atoms with E-state index in [-0.39, 0.29) is 11.7 Å². The van der Waals surface area contributed by atoms with Crippen LogP contribution in [-0.2, 0) is 6.42 Å². The molecule has 0 saturated heterocycles. The van der Waals surface area contributed by atoms with E-state index in [1.165, 1.54) is 11.1 Å². The zero-order valence-corrected chi connectivity index (χ0v) is 12.6. The van der Waals surface area contributed by atoms with Crippen molar-refractivity contribution in [3.63, 3.8) is 0 Å². The van der Waals surface area contributed by atoms with Gasteiger partial charge in [0, 0.05) is 18.4 Å². The van der Waals surface area contributed by atoms with Gasteiger partial charge in [-0.15, -0.1) is 5.10 Å². The number of benzene rings is 1. The van der Waals surface area contributed by atoms with E-state index in [2.05, 4.69) is 39.4 Å². The van der Waals surface area contributed by atoms with Crippen LogP contribution in [0.25, 0.3) is 5.78 Å². The van der Waals surface area contributed by atoms with Gasteiger partial charge in [0.15, 0.2) is 0 Å². The van der Waals surface area contributed by atoms with E-state index in [1.807, 2.05) is 25.1 Å². The molecule has 1 aromatic carbocycles. The Kier molecular flexibility index (Phi) is 3.82. The van der Waals surface area contributed by atoms with E-state index < -0.39 is 0 Å². The molecule has 2 heterocycles. The quantitative estimate of drug-likeness (QED) is 0.795. The first kappa shape index (κ1) is 14.2. The van der Waals surface area contributed by atoms with Crippen molar-refractivity contribution in [3.05, 3.63) is 59.2 Å². The van der Waals surface area contributed by atoms with Crippen molar-refractivity contribution >= 4 is 11.7 Å². The van der Waals surface area contributed by atoms with Gasteiger partial charge in [0.1, 0.15) is 0 Å². The summed E-state index contributed by atoms with van der Waals surface area (Å²) in [4.78, 5) is 20.4. The number of aromatic nitrogens is 4. The second-order valence-electron chi connectivity index (χ2n) is 5.17. The van der Waals surface area contributed by atoms with Crippen LogP contribution in [0.3, 0.4) is 0 Å². The van der Waals surface area contributed by atoms with Gasteiger partial charge in [-0.25, -0.2) is 9.50 Å². The van der Waals surface area contributed by atoms with E-state index >= 15 is 0 Å². The van der Waals surface area contributed by atoms with Crippen LogP contribution in [0.2, 0.25) is 0 Å². The molecule has 0 aliphatic carbocycles. The Bertz CT molecular complexity index is 824. The van der Waals surface area contributed by atoms with Crippen LogP contribution in [0.15, 0.2) is 36.5 Å². The highest BCUT2D eigenvalue weighted by Crippen LogP contribution is 2.07. The summed E-state index contributed by atoms with van der Waals surface area (Å²) >= 11 is 0. The maximum absolute atomic E-state index is 12.1. The van der Waals surface area contributed by atoms with E-state index in [9.17, 15) is 4.79 Å². The Morgan fingerprint density at radius 3 is 2.82 bits per heavy atom. The van der Waals surface area contributed by atoms with Gasteiger partial charge in [0.25, 0.3) is 11.7 Å². The third kappa shape index (κ3) is 2.81.